The van der Waals surface area contributed by atoms with E-state index in [0.717, 1.165) is 5.57 Å². The van der Waals surface area contributed by atoms with Crippen LogP contribution in [0.1, 0.15) is 13.3 Å². The molecule has 3 aliphatic carbocycles. The van der Waals surface area contributed by atoms with Gasteiger partial charge in [0.1, 0.15) is 5.78 Å². The Morgan fingerprint density at radius 3 is 1.61 bits per heavy atom. The summed E-state index contributed by atoms with van der Waals surface area (Å²) in [7, 11) is 0. The van der Waals surface area contributed by atoms with Crippen LogP contribution in [0, 0.1) is 47.3 Å². The highest BCUT2D eigenvalue weighted by Crippen LogP contribution is 2.61. The topological polar surface area (TPSA) is 91.8 Å². The van der Waals surface area contributed by atoms with Crippen LogP contribution in [0.3, 0.4) is 0 Å². The Bertz CT molecular complexity index is 1380. The van der Waals surface area contributed by atoms with Gasteiger partial charge in [-0.1, -0.05) is 55.0 Å². The van der Waals surface area contributed by atoms with Crippen molar-refractivity contribution in [2.75, 3.05) is 9.80 Å². The average Bonchev–Trinajstić information content (AvgIpc) is 3.36. The molecule has 7 nitrogen and oxygen atoms in total. The van der Waals surface area contributed by atoms with Crippen molar-refractivity contribution < 1.29 is 24.0 Å². The molecular weight excluding hydrogens is 456 g/mol. The minimum absolute atomic E-state index is 0.103. The Morgan fingerprint density at radius 1 is 0.583 bits per heavy atom. The van der Waals surface area contributed by atoms with Crippen LogP contribution in [-0.2, 0) is 24.0 Å². The number of amides is 4. The molecule has 2 heterocycles. The number of Topliss-reactive ketones (excluding diaryl/α,β-unsaturated/α-hetero) is 1. The Kier molecular flexibility index (Phi) is 4.36. The Labute approximate surface area is 207 Å². The predicted molar refractivity (Wildman–Crippen MR) is 129 cm³/mol. The summed E-state index contributed by atoms with van der Waals surface area (Å²) >= 11 is 0. The number of imide groups is 2. The third-order valence-corrected chi connectivity index (χ3v) is 9.04. The highest BCUT2D eigenvalue weighted by atomic mass is 16.2. The zero-order valence-electron chi connectivity index (χ0n) is 19.6. The molecule has 4 amide bonds. The third kappa shape index (κ3) is 2.55. The van der Waals surface area contributed by atoms with Gasteiger partial charge in [0.25, 0.3) is 0 Å². The number of nitrogens with zero attached hydrogens (tertiary/aromatic N) is 2. The van der Waals surface area contributed by atoms with E-state index in [1.54, 1.807) is 48.5 Å². The Balaban J connectivity index is 1.32. The first kappa shape index (κ1) is 21.4. The van der Waals surface area contributed by atoms with E-state index in [9.17, 15) is 24.0 Å². The maximum Gasteiger partial charge on any atom is 0.238 e. The van der Waals surface area contributed by atoms with Crippen molar-refractivity contribution in [3.05, 3.63) is 72.3 Å². The molecule has 8 unspecified atom stereocenters. The highest BCUT2D eigenvalue weighted by molar-refractivity contribution is 6.26. The second kappa shape index (κ2) is 7.32. The standard InChI is InChI=1S/C29H24N2O5/c1-14-12-15-13-18-21-24(29(36)31(27(21)34)17-10-6-3-7-11-17)22(25(18)32)20(15)23-19(14)26(33)30(28(23)35)16-8-4-2-5-9-16/h2-12,14,18-24H,13H2,1H3. The SMILES string of the molecule is CC1C=C2CC3C(=O)C(C4C(=O)N(c5ccccc5)C(=O)C34)C2C2C(=O)N(c3ccccc3)C(=O)C12. The molecular formula is C29H24N2O5. The second-order valence-electron chi connectivity index (χ2n) is 10.7. The molecule has 0 radical (unpaired) electrons. The summed E-state index contributed by atoms with van der Waals surface area (Å²) in [5, 5.41) is 0. The molecule has 5 aliphatic rings. The molecule has 2 saturated heterocycles. The molecule has 2 aromatic carbocycles. The first-order valence-electron chi connectivity index (χ1n) is 12.5. The molecule has 0 aromatic heterocycles. The molecule has 2 bridgehead atoms. The van der Waals surface area contributed by atoms with E-state index in [2.05, 4.69) is 0 Å². The molecule has 2 aliphatic heterocycles. The number of hydrogen-bond donors (Lipinski definition) is 0. The van der Waals surface area contributed by atoms with Gasteiger partial charge in [0.2, 0.25) is 23.6 Å². The lowest BCUT2D eigenvalue weighted by molar-refractivity contribution is -0.136. The van der Waals surface area contributed by atoms with Gasteiger partial charge >= 0.3 is 0 Å². The maximum absolute atomic E-state index is 13.9. The number of para-hydroxylation sites is 2. The number of carbonyl (C=O) groups is 5. The van der Waals surface area contributed by atoms with Crippen LogP contribution >= 0.6 is 0 Å². The second-order valence-corrected chi connectivity index (χ2v) is 10.7. The van der Waals surface area contributed by atoms with E-state index >= 15 is 0 Å². The number of ketones is 1. The van der Waals surface area contributed by atoms with Crippen LogP contribution in [0.2, 0.25) is 0 Å². The van der Waals surface area contributed by atoms with Crippen LogP contribution < -0.4 is 9.80 Å². The van der Waals surface area contributed by atoms with Gasteiger partial charge in [0.05, 0.1) is 35.0 Å². The quantitative estimate of drug-likeness (QED) is 0.487. The van der Waals surface area contributed by atoms with Crippen LogP contribution in [0.15, 0.2) is 72.3 Å². The number of carbonyl (C=O) groups excluding carboxylic acids is 5. The fourth-order valence-corrected chi connectivity index (χ4v) is 7.74. The lowest BCUT2D eigenvalue weighted by Gasteiger charge is -2.41. The van der Waals surface area contributed by atoms with Crippen LogP contribution in [0.4, 0.5) is 11.4 Å². The van der Waals surface area contributed by atoms with Crippen molar-refractivity contribution in [2.24, 2.45) is 47.3 Å². The summed E-state index contributed by atoms with van der Waals surface area (Å²) < 4.78 is 0. The van der Waals surface area contributed by atoms with E-state index in [4.69, 9.17) is 0 Å². The van der Waals surface area contributed by atoms with E-state index < -0.39 is 41.4 Å². The first-order chi connectivity index (χ1) is 17.4. The summed E-state index contributed by atoms with van der Waals surface area (Å²) in [5.41, 5.74) is 1.97. The molecule has 0 N–H and O–H groups in total. The van der Waals surface area contributed by atoms with Gasteiger partial charge in [-0.05, 0) is 36.6 Å². The molecule has 2 saturated carbocycles. The first-order valence-corrected chi connectivity index (χ1v) is 12.5. The zero-order valence-corrected chi connectivity index (χ0v) is 19.6. The highest BCUT2D eigenvalue weighted by Gasteiger charge is 2.70. The summed E-state index contributed by atoms with van der Waals surface area (Å²) in [6.07, 6.45) is 2.39. The summed E-state index contributed by atoms with van der Waals surface area (Å²) in [6.45, 7) is 1.94. The lowest BCUT2D eigenvalue weighted by atomic mass is 9.59. The zero-order chi connectivity index (χ0) is 24.9. The molecule has 2 aromatic rings. The third-order valence-electron chi connectivity index (χ3n) is 9.04. The number of anilines is 2. The van der Waals surface area contributed by atoms with E-state index in [0.29, 0.717) is 17.8 Å². The molecule has 180 valence electrons. The largest absolute Gasteiger partial charge is 0.299 e. The van der Waals surface area contributed by atoms with Gasteiger partial charge in [-0.25, -0.2) is 0 Å². The maximum atomic E-state index is 13.9. The molecule has 8 atom stereocenters. The van der Waals surface area contributed by atoms with Gasteiger partial charge < -0.3 is 0 Å². The van der Waals surface area contributed by atoms with Crippen molar-refractivity contribution in [1.82, 2.24) is 0 Å². The molecule has 36 heavy (non-hydrogen) atoms. The van der Waals surface area contributed by atoms with Crippen LogP contribution in [0.5, 0.6) is 0 Å². The number of fused-ring (bicyclic) bond motifs is 9. The molecule has 7 rings (SSSR count). The van der Waals surface area contributed by atoms with Gasteiger partial charge in [-0.3, -0.25) is 33.8 Å². The van der Waals surface area contributed by atoms with Crippen LogP contribution in [0.25, 0.3) is 0 Å². The normalized spacial score (nSPS) is 36.7. The summed E-state index contributed by atoms with van der Waals surface area (Å²) in [4.78, 5) is 70.8. The van der Waals surface area contributed by atoms with E-state index in [1.807, 2.05) is 25.1 Å². The van der Waals surface area contributed by atoms with Crippen molar-refractivity contribution in [2.45, 2.75) is 13.3 Å². The van der Waals surface area contributed by atoms with Crippen molar-refractivity contribution in [3.63, 3.8) is 0 Å². The molecule has 0 spiro atoms. The minimum atomic E-state index is -0.797. The predicted octanol–water partition coefficient (Wildman–Crippen LogP) is 3.01. The fourth-order valence-electron chi connectivity index (χ4n) is 7.74. The molecule has 4 fully saturated rings. The monoisotopic (exact) mass is 480 g/mol. The van der Waals surface area contributed by atoms with Gasteiger partial charge in [0.15, 0.2) is 0 Å². The van der Waals surface area contributed by atoms with Crippen molar-refractivity contribution in [1.29, 1.82) is 0 Å². The van der Waals surface area contributed by atoms with Crippen LogP contribution in [-0.4, -0.2) is 29.4 Å². The fraction of sp³-hybridized carbons (Fsp3) is 0.345. The van der Waals surface area contributed by atoms with Gasteiger partial charge in [-0.15, -0.1) is 0 Å². The van der Waals surface area contributed by atoms with Gasteiger partial charge in [0, 0.05) is 17.8 Å². The minimum Gasteiger partial charge on any atom is -0.299 e. The summed E-state index contributed by atoms with van der Waals surface area (Å²) in [6, 6.07) is 17.6. The Hall–Kier alpha value is -3.87. The molecule has 7 heteroatoms. The Morgan fingerprint density at radius 2 is 1.06 bits per heavy atom. The number of benzene rings is 2. The smallest absolute Gasteiger partial charge is 0.238 e. The summed E-state index contributed by atoms with van der Waals surface area (Å²) in [5.74, 6) is -6.24. The lowest BCUT2D eigenvalue weighted by Crippen LogP contribution is -2.47. The van der Waals surface area contributed by atoms with Gasteiger partial charge in [-0.2, -0.15) is 0 Å². The number of rotatable bonds is 2. The number of hydrogen-bond acceptors (Lipinski definition) is 5. The average molecular weight is 481 g/mol. The van der Waals surface area contributed by atoms with Crippen molar-refractivity contribution in [3.8, 4) is 0 Å². The number of allylic oxidation sites excluding steroid dienone is 2. The van der Waals surface area contributed by atoms with E-state index in [1.165, 1.54) is 9.80 Å². The van der Waals surface area contributed by atoms with Crippen molar-refractivity contribution >= 4 is 40.8 Å². The van der Waals surface area contributed by atoms with E-state index in [-0.39, 0.29) is 35.3 Å².